The van der Waals surface area contributed by atoms with Crippen LogP contribution in [0.2, 0.25) is 5.02 Å². The average molecular weight is 578 g/mol. The number of amides is 1. The van der Waals surface area contributed by atoms with Crippen LogP contribution < -0.4 is 14.8 Å². The van der Waals surface area contributed by atoms with Crippen LogP contribution >= 0.6 is 11.6 Å². The van der Waals surface area contributed by atoms with Crippen LogP contribution in [0.4, 0.5) is 11.4 Å². The molecule has 0 spiro atoms. The highest BCUT2D eigenvalue weighted by Gasteiger charge is 2.27. The van der Waals surface area contributed by atoms with Crippen molar-refractivity contribution in [1.29, 1.82) is 0 Å². The highest BCUT2D eigenvalue weighted by molar-refractivity contribution is 7.92. The van der Waals surface area contributed by atoms with Gasteiger partial charge in [-0.3, -0.25) is 9.52 Å². The number of hydrogen-bond donors (Lipinski definition) is 2. The van der Waals surface area contributed by atoms with Crippen LogP contribution in [-0.2, 0) is 20.0 Å². The average Bonchev–Trinajstić information content (AvgIpc) is 2.89. The van der Waals surface area contributed by atoms with E-state index >= 15 is 0 Å². The van der Waals surface area contributed by atoms with Gasteiger partial charge in [-0.1, -0.05) is 24.1 Å². The largest absolute Gasteiger partial charge is 0.495 e. The Balaban J connectivity index is 1.51. The minimum absolute atomic E-state index is 0.00495. The first-order valence-corrected chi connectivity index (χ1v) is 15.2. The molecule has 0 bridgehead atoms. The molecule has 1 fully saturated rings. The van der Waals surface area contributed by atoms with E-state index in [0.717, 1.165) is 24.8 Å². The molecule has 4 rings (SSSR count). The van der Waals surface area contributed by atoms with Gasteiger partial charge in [-0.25, -0.2) is 16.8 Å². The maximum absolute atomic E-state index is 13.0. The van der Waals surface area contributed by atoms with E-state index in [1.807, 2.05) is 6.92 Å². The lowest BCUT2D eigenvalue weighted by molar-refractivity contribution is 0.102. The summed E-state index contributed by atoms with van der Waals surface area (Å²) in [4.78, 5) is 12.9. The van der Waals surface area contributed by atoms with Gasteiger partial charge >= 0.3 is 0 Å². The summed E-state index contributed by atoms with van der Waals surface area (Å²) in [5, 5.41) is 2.74. The Morgan fingerprint density at radius 2 is 1.55 bits per heavy atom. The molecule has 3 aromatic rings. The smallest absolute Gasteiger partial charge is 0.262 e. The van der Waals surface area contributed by atoms with E-state index in [4.69, 9.17) is 16.3 Å². The molecule has 0 atom stereocenters. The molecule has 0 aliphatic carbocycles. The Morgan fingerprint density at radius 1 is 0.895 bits per heavy atom. The van der Waals surface area contributed by atoms with Gasteiger partial charge in [0, 0.05) is 18.8 Å². The third kappa shape index (κ3) is 6.12. The highest BCUT2D eigenvalue weighted by atomic mass is 35.5. The molecule has 2 N–H and O–H groups in total. The number of rotatable bonds is 8. The molecule has 9 nitrogen and oxygen atoms in total. The predicted molar refractivity (Wildman–Crippen MR) is 147 cm³/mol. The molecule has 0 radical (unpaired) electrons. The molecule has 0 unspecified atom stereocenters. The maximum atomic E-state index is 13.0. The number of sulfonamides is 2. The number of nitrogens with one attached hydrogen (secondary N) is 2. The molecule has 1 heterocycles. The number of piperidine rings is 1. The summed E-state index contributed by atoms with van der Waals surface area (Å²) in [5.41, 5.74) is 1.46. The van der Waals surface area contributed by atoms with E-state index in [1.54, 1.807) is 18.2 Å². The van der Waals surface area contributed by atoms with Gasteiger partial charge in [0.2, 0.25) is 10.0 Å². The van der Waals surface area contributed by atoms with Gasteiger partial charge in [-0.05, 0) is 79.9 Å². The van der Waals surface area contributed by atoms with Crippen molar-refractivity contribution in [2.24, 2.45) is 0 Å². The lowest BCUT2D eigenvalue weighted by atomic mass is 10.2. The number of carbonyl (C=O) groups is 1. The number of anilines is 2. The van der Waals surface area contributed by atoms with Crippen LogP contribution in [0.5, 0.6) is 5.75 Å². The van der Waals surface area contributed by atoms with Gasteiger partial charge in [0.1, 0.15) is 5.75 Å². The fourth-order valence-electron chi connectivity index (χ4n) is 4.11. The highest BCUT2D eigenvalue weighted by Crippen LogP contribution is 2.29. The van der Waals surface area contributed by atoms with Gasteiger partial charge < -0.3 is 10.1 Å². The van der Waals surface area contributed by atoms with Crippen molar-refractivity contribution in [2.45, 2.75) is 36.0 Å². The molecule has 1 aliphatic heterocycles. The number of halogens is 1. The SMILES string of the molecule is COc1ccc(C)cc1NS(=O)(=O)c1ccc(NC(=O)c2cc(S(=O)(=O)N3CCCCC3)ccc2Cl)cc1. The fourth-order valence-corrected chi connectivity index (χ4v) is 6.92. The summed E-state index contributed by atoms with van der Waals surface area (Å²) < 4.78 is 61.1. The summed E-state index contributed by atoms with van der Waals surface area (Å²) in [6.45, 7) is 2.71. The quantitative estimate of drug-likeness (QED) is 0.393. The Bertz CT molecular complexity index is 1550. The predicted octanol–water partition coefficient (Wildman–Crippen LogP) is 4.88. The summed E-state index contributed by atoms with van der Waals surface area (Å²) in [6.07, 6.45) is 2.57. The zero-order valence-electron chi connectivity index (χ0n) is 20.9. The van der Waals surface area contributed by atoms with Crippen LogP contribution in [0.3, 0.4) is 0 Å². The molecule has 1 saturated heterocycles. The standard InChI is InChI=1S/C26H28ClN3O6S2/c1-18-6-13-25(36-2)24(16-18)29-37(32,33)20-9-7-19(8-10-20)28-26(31)22-17-21(11-12-23(22)27)38(34,35)30-14-4-3-5-15-30/h6-13,16-17,29H,3-5,14-15H2,1-2H3,(H,28,31). The number of nitrogens with zero attached hydrogens (tertiary/aromatic N) is 1. The topological polar surface area (TPSA) is 122 Å². The number of benzene rings is 3. The molecule has 1 aliphatic rings. The van der Waals surface area contributed by atoms with Crippen LogP contribution in [-0.4, -0.2) is 47.2 Å². The van der Waals surface area contributed by atoms with Crippen molar-refractivity contribution in [2.75, 3.05) is 30.2 Å². The van der Waals surface area contributed by atoms with Crippen LogP contribution in [0.15, 0.2) is 70.5 Å². The monoisotopic (exact) mass is 577 g/mol. The number of carbonyl (C=O) groups excluding carboxylic acids is 1. The molecule has 0 saturated carbocycles. The van der Waals surface area contributed by atoms with Crippen LogP contribution in [0.25, 0.3) is 0 Å². The van der Waals surface area contributed by atoms with E-state index in [1.165, 1.54) is 53.9 Å². The van der Waals surface area contributed by atoms with Crippen molar-refractivity contribution < 1.29 is 26.4 Å². The Morgan fingerprint density at radius 3 is 2.21 bits per heavy atom. The van der Waals surface area contributed by atoms with E-state index < -0.39 is 26.0 Å². The van der Waals surface area contributed by atoms with Crippen molar-refractivity contribution in [3.05, 3.63) is 76.8 Å². The molecule has 3 aromatic carbocycles. The zero-order chi connectivity index (χ0) is 27.5. The Labute approximate surface area is 227 Å². The number of ether oxygens (including phenoxy) is 1. The van der Waals surface area contributed by atoms with Crippen LogP contribution in [0.1, 0.15) is 35.2 Å². The molecule has 12 heteroatoms. The minimum Gasteiger partial charge on any atom is -0.495 e. The Kier molecular flexibility index (Phi) is 8.31. The van der Waals surface area contributed by atoms with Gasteiger partial charge in [-0.2, -0.15) is 4.31 Å². The first-order chi connectivity index (χ1) is 18.0. The molecule has 0 aromatic heterocycles. The molecular weight excluding hydrogens is 550 g/mol. The minimum atomic E-state index is -3.93. The fraction of sp³-hybridized carbons (Fsp3) is 0.269. The second kappa shape index (κ2) is 11.3. The molecular formula is C26H28ClN3O6S2. The normalized spacial score (nSPS) is 14.6. The van der Waals surface area contributed by atoms with Gasteiger partial charge in [0.05, 0.1) is 33.2 Å². The van der Waals surface area contributed by atoms with Crippen LogP contribution in [0, 0.1) is 6.92 Å². The number of aryl methyl sites for hydroxylation is 1. The van der Waals surface area contributed by atoms with E-state index in [0.29, 0.717) is 30.2 Å². The third-order valence-electron chi connectivity index (χ3n) is 6.16. The Hall–Kier alpha value is -3.12. The van der Waals surface area contributed by atoms with Crippen molar-refractivity contribution in [3.8, 4) is 5.75 Å². The summed E-state index contributed by atoms with van der Waals surface area (Å²) in [5.74, 6) is -0.242. The molecule has 202 valence electrons. The first kappa shape index (κ1) is 27.9. The summed E-state index contributed by atoms with van der Waals surface area (Å²) in [7, 11) is -6.24. The van der Waals surface area contributed by atoms with E-state index in [9.17, 15) is 21.6 Å². The number of methoxy groups -OCH3 is 1. The molecule has 1 amide bonds. The van der Waals surface area contributed by atoms with Gasteiger partial charge in [0.15, 0.2) is 0 Å². The lowest BCUT2D eigenvalue weighted by Crippen LogP contribution is -2.35. The second-order valence-electron chi connectivity index (χ2n) is 8.89. The zero-order valence-corrected chi connectivity index (χ0v) is 23.3. The summed E-state index contributed by atoms with van der Waals surface area (Å²) >= 11 is 6.22. The van der Waals surface area contributed by atoms with E-state index in [-0.39, 0.29) is 20.4 Å². The maximum Gasteiger partial charge on any atom is 0.262 e. The second-order valence-corrected chi connectivity index (χ2v) is 12.9. The third-order valence-corrected chi connectivity index (χ3v) is 9.76. The van der Waals surface area contributed by atoms with Crippen molar-refractivity contribution >= 4 is 48.9 Å². The van der Waals surface area contributed by atoms with Gasteiger partial charge in [0.25, 0.3) is 15.9 Å². The van der Waals surface area contributed by atoms with E-state index in [2.05, 4.69) is 10.0 Å². The molecule has 38 heavy (non-hydrogen) atoms. The number of hydrogen-bond acceptors (Lipinski definition) is 6. The summed E-state index contributed by atoms with van der Waals surface area (Å²) in [6, 6.07) is 14.7. The lowest BCUT2D eigenvalue weighted by Gasteiger charge is -2.26. The van der Waals surface area contributed by atoms with Crippen molar-refractivity contribution in [3.63, 3.8) is 0 Å². The first-order valence-electron chi connectivity index (χ1n) is 11.9. The van der Waals surface area contributed by atoms with Gasteiger partial charge in [-0.15, -0.1) is 0 Å². The van der Waals surface area contributed by atoms with Crippen molar-refractivity contribution in [1.82, 2.24) is 4.31 Å².